The third-order valence-electron chi connectivity index (χ3n) is 3.48. The summed E-state index contributed by atoms with van der Waals surface area (Å²) in [5, 5.41) is 10.1. The van der Waals surface area contributed by atoms with Crippen LogP contribution in [0, 0.1) is 11.3 Å². The van der Waals surface area contributed by atoms with Gasteiger partial charge in [-0.2, -0.15) is 5.26 Å². The maximum atomic E-state index is 9.08. The van der Waals surface area contributed by atoms with E-state index in [9.17, 15) is 0 Å². The van der Waals surface area contributed by atoms with E-state index in [1.54, 1.807) is 0 Å². The van der Waals surface area contributed by atoms with Crippen LogP contribution in [-0.4, -0.2) is 11.9 Å². The van der Waals surface area contributed by atoms with Gasteiger partial charge in [0, 0.05) is 10.9 Å². The standard InChI is InChI=1S/C19H20BrNO/c20-12-6-1-2-7-13-22-19-14-16(15-21)10-11-18(19)17-8-4-3-5-9-17/h3-5,8-11,14H,1-2,6-7,12-13H2. The van der Waals surface area contributed by atoms with E-state index in [1.165, 1.54) is 19.3 Å². The molecule has 0 aromatic heterocycles. The molecule has 22 heavy (non-hydrogen) atoms. The molecule has 2 rings (SSSR count). The first kappa shape index (κ1) is 16.6. The van der Waals surface area contributed by atoms with Crippen molar-refractivity contribution in [3.8, 4) is 22.9 Å². The summed E-state index contributed by atoms with van der Waals surface area (Å²) in [5.74, 6) is 0.797. The van der Waals surface area contributed by atoms with Crippen molar-refractivity contribution >= 4 is 15.9 Å². The molecule has 0 amide bonds. The van der Waals surface area contributed by atoms with Crippen molar-refractivity contribution in [3.63, 3.8) is 0 Å². The predicted octanol–water partition coefficient (Wildman–Crippen LogP) is 5.56. The van der Waals surface area contributed by atoms with Crippen molar-refractivity contribution in [2.45, 2.75) is 25.7 Å². The number of nitriles is 1. The van der Waals surface area contributed by atoms with Gasteiger partial charge in [-0.3, -0.25) is 0 Å². The fourth-order valence-corrected chi connectivity index (χ4v) is 2.70. The Balaban J connectivity index is 2.06. The molecule has 0 heterocycles. The molecule has 3 heteroatoms. The highest BCUT2D eigenvalue weighted by atomic mass is 79.9. The van der Waals surface area contributed by atoms with Gasteiger partial charge in [-0.1, -0.05) is 59.1 Å². The summed E-state index contributed by atoms with van der Waals surface area (Å²) in [5.41, 5.74) is 2.79. The normalized spacial score (nSPS) is 10.2. The Morgan fingerprint density at radius 3 is 2.45 bits per heavy atom. The van der Waals surface area contributed by atoms with Crippen LogP contribution in [0.3, 0.4) is 0 Å². The number of unbranched alkanes of at least 4 members (excludes halogenated alkanes) is 3. The molecule has 114 valence electrons. The SMILES string of the molecule is N#Cc1ccc(-c2ccccc2)c(OCCCCCCBr)c1. The van der Waals surface area contributed by atoms with Gasteiger partial charge < -0.3 is 4.74 Å². The Morgan fingerprint density at radius 1 is 0.955 bits per heavy atom. The predicted molar refractivity (Wildman–Crippen MR) is 94.4 cm³/mol. The van der Waals surface area contributed by atoms with Crippen LogP contribution in [0.15, 0.2) is 48.5 Å². The van der Waals surface area contributed by atoms with Crippen LogP contribution in [0.2, 0.25) is 0 Å². The Labute approximate surface area is 140 Å². The highest BCUT2D eigenvalue weighted by Gasteiger charge is 2.07. The van der Waals surface area contributed by atoms with Crippen LogP contribution in [0.5, 0.6) is 5.75 Å². The molecule has 0 N–H and O–H groups in total. The molecule has 2 aromatic rings. The number of halogens is 1. The van der Waals surface area contributed by atoms with Crippen molar-refractivity contribution in [2.24, 2.45) is 0 Å². The van der Waals surface area contributed by atoms with E-state index in [1.807, 2.05) is 36.4 Å². The van der Waals surface area contributed by atoms with Crippen LogP contribution in [0.4, 0.5) is 0 Å². The van der Waals surface area contributed by atoms with Crippen molar-refractivity contribution < 1.29 is 4.74 Å². The van der Waals surface area contributed by atoms with Gasteiger partial charge in [0.2, 0.25) is 0 Å². The fraction of sp³-hybridized carbons (Fsp3) is 0.316. The summed E-state index contributed by atoms with van der Waals surface area (Å²) >= 11 is 3.44. The molecule has 0 aliphatic carbocycles. The lowest BCUT2D eigenvalue weighted by atomic mass is 10.0. The third kappa shape index (κ3) is 4.89. The van der Waals surface area contributed by atoms with Crippen LogP contribution in [-0.2, 0) is 0 Å². The van der Waals surface area contributed by atoms with E-state index in [0.29, 0.717) is 12.2 Å². The second-order valence-electron chi connectivity index (χ2n) is 5.14. The van der Waals surface area contributed by atoms with Crippen LogP contribution >= 0.6 is 15.9 Å². The minimum Gasteiger partial charge on any atom is -0.493 e. The van der Waals surface area contributed by atoms with Crippen molar-refractivity contribution in [1.82, 2.24) is 0 Å². The molecule has 0 aliphatic heterocycles. The zero-order chi connectivity index (χ0) is 15.6. The lowest BCUT2D eigenvalue weighted by Crippen LogP contribution is -1.99. The second kappa shape index (κ2) is 9.27. The van der Waals surface area contributed by atoms with E-state index in [0.717, 1.165) is 28.6 Å². The summed E-state index contributed by atoms with van der Waals surface area (Å²) in [6, 6.07) is 18.0. The molecule has 2 nitrogen and oxygen atoms in total. The van der Waals surface area contributed by atoms with Crippen molar-refractivity contribution in [1.29, 1.82) is 5.26 Å². The van der Waals surface area contributed by atoms with Gasteiger partial charge in [-0.05, 0) is 36.6 Å². The summed E-state index contributed by atoms with van der Waals surface area (Å²) in [4.78, 5) is 0. The van der Waals surface area contributed by atoms with Gasteiger partial charge in [-0.15, -0.1) is 0 Å². The smallest absolute Gasteiger partial charge is 0.128 e. The van der Waals surface area contributed by atoms with E-state index in [4.69, 9.17) is 10.00 Å². The number of hydrogen-bond acceptors (Lipinski definition) is 2. The highest BCUT2D eigenvalue weighted by molar-refractivity contribution is 9.09. The molecule has 0 atom stereocenters. The first-order valence-corrected chi connectivity index (χ1v) is 8.75. The maximum absolute atomic E-state index is 9.08. The summed E-state index contributed by atoms with van der Waals surface area (Å²) in [6.07, 6.45) is 4.64. The topological polar surface area (TPSA) is 33.0 Å². The molecular weight excluding hydrogens is 338 g/mol. The van der Waals surface area contributed by atoms with Crippen LogP contribution in [0.25, 0.3) is 11.1 Å². The minimum atomic E-state index is 0.633. The van der Waals surface area contributed by atoms with Gasteiger partial charge in [0.25, 0.3) is 0 Å². The third-order valence-corrected chi connectivity index (χ3v) is 4.04. The number of rotatable bonds is 8. The minimum absolute atomic E-state index is 0.633. The molecule has 0 saturated carbocycles. The average molecular weight is 358 g/mol. The largest absolute Gasteiger partial charge is 0.493 e. The lowest BCUT2D eigenvalue weighted by Gasteiger charge is -2.12. The number of ether oxygens (including phenoxy) is 1. The quantitative estimate of drug-likeness (QED) is 0.457. The summed E-state index contributed by atoms with van der Waals surface area (Å²) in [6.45, 7) is 0.691. The fourth-order valence-electron chi connectivity index (χ4n) is 2.30. The van der Waals surface area contributed by atoms with Crippen molar-refractivity contribution in [2.75, 3.05) is 11.9 Å². The summed E-state index contributed by atoms with van der Waals surface area (Å²) in [7, 11) is 0. The molecule has 0 radical (unpaired) electrons. The molecule has 0 fully saturated rings. The Morgan fingerprint density at radius 2 is 1.73 bits per heavy atom. The van der Waals surface area contributed by atoms with Gasteiger partial charge in [-0.25, -0.2) is 0 Å². The average Bonchev–Trinajstić information content (AvgIpc) is 2.58. The van der Waals surface area contributed by atoms with E-state index >= 15 is 0 Å². The molecule has 0 saturated heterocycles. The van der Waals surface area contributed by atoms with E-state index in [2.05, 4.69) is 34.1 Å². The van der Waals surface area contributed by atoms with Crippen LogP contribution < -0.4 is 4.74 Å². The van der Waals surface area contributed by atoms with E-state index < -0.39 is 0 Å². The van der Waals surface area contributed by atoms with Gasteiger partial charge in [0.15, 0.2) is 0 Å². The highest BCUT2D eigenvalue weighted by Crippen LogP contribution is 2.31. The number of benzene rings is 2. The zero-order valence-electron chi connectivity index (χ0n) is 12.6. The Hall–Kier alpha value is -1.79. The molecule has 0 bridgehead atoms. The number of alkyl halides is 1. The molecule has 0 unspecified atom stereocenters. The van der Waals surface area contributed by atoms with Gasteiger partial charge >= 0.3 is 0 Å². The molecular formula is C19H20BrNO. The zero-order valence-corrected chi connectivity index (χ0v) is 14.2. The number of nitrogens with zero attached hydrogens (tertiary/aromatic N) is 1. The monoisotopic (exact) mass is 357 g/mol. The van der Waals surface area contributed by atoms with E-state index in [-0.39, 0.29) is 0 Å². The van der Waals surface area contributed by atoms with Crippen LogP contribution in [0.1, 0.15) is 31.2 Å². The molecule has 0 aliphatic rings. The first-order chi connectivity index (χ1) is 10.8. The van der Waals surface area contributed by atoms with Crippen molar-refractivity contribution in [3.05, 3.63) is 54.1 Å². The maximum Gasteiger partial charge on any atom is 0.128 e. The molecule has 2 aromatic carbocycles. The van der Waals surface area contributed by atoms with Gasteiger partial charge in [0.05, 0.1) is 18.2 Å². The molecule has 0 spiro atoms. The Kier molecular flexibility index (Phi) is 6.99. The first-order valence-electron chi connectivity index (χ1n) is 7.63. The van der Waals surface area contributed by atoms with Gasteiger partial charge in [0.1, 0.15) is 5.75 Å². The second-order valence-corrected chi connectivity index (χ2v) is 5.93. The number of hydrogen-bond donors (Lipinski definition) is 0. The Bertz CT molecular complexity index is 619. The summed E-state index contributed by atoms with van der Waals surface area (Å²) < 4.78 is 5.95. The lowest BCUT2D eigenvalue weighted by molar-refractivity contribution is 0.306.